The second-order valence-electron chi connectivity index (χ2n) is 6.77. The van der Waals surface area contributed by atoms with Gasteiger partial charge in [0.25, 0.3) is 0 Å². The molecule has 3 atom stereocenters. The number of nitrogens with zero attached hydrogens (tertiary/aromatic N) is 1. The fraction of sp³-hybridized carbons (Fsp3) is 0.632. The Bertz CT molecular complexity index is 528. The molecule has 1 aromatic rings. The minimum Gasteiger partial charge on any atom is -0.497 e. The van der Waals surface area contributed by atoms with E-state index in [2.05, 4.69) is 17.0 Å². The first-order chi connectivity index (χ1) is 11.2. The maximum Gasteiger partial charge on any atom is 0.306 e. The number of esters is 1. The minimum absolute atomic E-state index is 0.0215. The summed E-state index contributed by atoms with van der Waals surface area (Å²) in [6.45, 7) is 4.48. The van der Waals surface area contributed by atoms with Crippen molar-refractivity contribution < 1.29 is 14.3 Å². The third kappa shape index (κ3) is 3.86. The normalized spacial score (nSPS) is 27.0. The molecule has 0 spiro atoms. The highest BCUT2D eigenvalue weighted by Crippen LogP contribution is 2.41. The van der Waals surface area contributed by atoms with Gasteiger partial charge in [0, 0.05) is 25.6 Å². The van der Waals surface area contributed by atoms with Crippen molar-refractivity contribution in [3.8, 4) is 5.75 Å². The maximum absolute atomic E-state index is 11.8. The summed E-state index contributed by atoms with van der Waals surface area (Å²) in [5.74, 6) is 2.04. The number of hydrogen-bond acceptors (Lipinski definition) is 4. The summed E-state index contributed by atoms with van der Waals surface area (Å²) in [7, 11) is 1.70. The smallest absolute Gasteiger partial charge is 0.306 e. The second-order valence-corrected chi connectivity index (χ2v) is 6.77. The molecule has 3 fully saturated rings. The standard InChI is InChI=1S/C19H27NO3/c1-3-23-19(21)11-16-10-17-7-6-15(16)13-20(17)12-14-4-8-18(22-2)9-5-14/h4-5,8-9,15-17H,3,6-7,10-13H2,1-2H3. The lowest BCUT2D eigenvalue weighted by atomic mass is 9.70. The lowest BCUT2D eigenvalue weighted by Gasteiger charge is -2.49. The third-order valence-corrected chi connectivity index (χ3v) is 5.38. The number of carbonyl (C=O) groups is 1. The molecule has 0 amide bonds. The molecular weight excluding hydrogens is 290 g/mol. The number of fused-ring (bicyclic) bond motifs is 3. The van der Waals surface area contributed by atoms with Crippen molar-refractivity contribution in [3.05, 3.63) is 29.8 Å². The van der Waals surface area contributed by atoms with Crippen LogP contribution in [0, 0.1) is 11.8 Å². The molecule has 4 nitrogen and oxygen atoms in total. The van der Waals surface area contributed by atoms with Gasteiger partial charge in [-0.1, -0.05) is 12.1 Å². The average Bonchev–Trinajstić information content (AvgIpc) is 2.57. The molecule has 2 bridgehead atoms. The van der Waals surface area contributed by atoms with Crippen LogP contribution in [0.3, 0.4) is 0 Å². The monoisotopic (exact) mass is 317 g/mol. The van der Waals surface area contributed by atoms with Crippen molar-refractivity contribution in [2.24, 2.45) is 11.8 Å². The topological polar surface area (TPSA) is 38.8 Å². The van der Waals surface area contributed by atoms with Gasteiger partial charge in [-0.3, -0.25) is 9.69 Å². The van der Waals surface area contributed by atoms with E-state index in [1.807, 2.05) is 19.1 Å². The second kappa shape index (κ2) is 7.35. The van der Waals surface area contributed by atoms with Gasteiger partial charge in [0.05, 0.1) is 13.7 Å². The highest BCUT2D eigenvalue weighted by Gasteiger charge is 2.40. The van der Waals surface area contributed by atoms with E-state index in [1.165, 1.54) is 18.4 Å². The van der Waals surface area contributed by atoms with Crippen LogP contribution in [0.2, 0.25) is 0 Å². The summed E-state index contributed by atoms with van der Waals surface area (Å²) in [5, 5.41) is 0. The minimum atomic E-state index is -0.0215. The Balaban J connectivity index is 1.57. The quantitative estimate of drug-likeness (QED) is 0.755. The third-order valence-electron chi connectivity index (χ3n) is 5.38. The van der Waals surface area contributed by atoms with Crippen LogP contribution in [-0.2, 0) is 16.1 Å². The molecule has 2 aliphatic heterocycles. The summed E-state index contributed by atoms with van der Waals surface area (Å²) in [4.78, 5) is 14.4. The summed E-state index contributed by atoms with van der Waals surface area (Å²) in [6.07, 6.45) is 4.26. The molecule has 0 aromatic heterocycles. The Morgan fingerprint density at radius 3 is 2.65 bits per heavy atom. The van der Waals surface area contributed by atoms with Gasteiger partial charge in [-0.15, -0.1) is 0 Å². The Kier molecular flexibility index (Phi) is 5.21. The molecule has 23 heavy (non-hydrogen) atoms. The van der Waals surface area contributed by atoms with Crippen molar-refractivity contribution in [1.29, 1.82) is 0 Å². The summed E-state index contributed by atoms with van der Waals surface area (Å²) in [5.41, 5.74) is 1.33. The van der Waals surface area contributed by atoms with E-state index in [4.69, 9.17) is 9.47 Å². The summed E-state index contributed by atoms with van der Waals surface area (Å²) >= 11 is 0. The Morgan fingerprint density at radius 2 is 2.04 bits per heavy atom. The van der Waals surface area contributed by atoms with Gasteiger partial charge in [0.2, 0.25) is 0 Å². The first kappa shape index (κ1) is 16.3. The van der Waals surface area contributed by atoms with E-state index in [9.17, 15) is 4.79 Å². The molecule has 0 radical (unpaired) electrons. The molecule has 1 saturated carbocycles. The number of benzene rings is 1. The molecule has 126 valence electrons. The molecule has 2 heterocycles. The van der Waals surface area contributed by atoms with Crippen LogP contribution in [0.4, 0.5) is 0 Å². The SMILES string of the molecule is CCOC(=O)CC1CC2CCC1CN2Cc1ccc(OC)cc1. The van der Waals surface area contributed by atoms with E-state index in [1.54, 1.807) is 7.11 Å². The van der Waals surface area contributed by atoms with Gasteiger partial charge >= 0.3 is 5.97 Å². The van der Waals surface area contributed by atoms with E-state index in [0.717, 1.165) is 25.3 Å². The summed E-state index contributed by atoms with van der Waals surface area (Å²) < 4.78 is 10.4. The zero-order valence-electron chi connectivity index (χ0n) is 14.2. The molecule has 4 heteroatoms. The number of methoxy groups -OCH3 is 1. The van der Waals surface area contributed by atoms with Crippen LogP contribution in [0.1, 0.15) is 38.2 Å². The van der Waals surface area contributed by atoms with Crippen LogP contribution < -0.4 is 4.74 Å². The van der Waals surface area contributed by atoms with E-state index in [-0.39, 0.29) is 5.97 Å². The molecule has 2 saturated heterocycles. The largest absolute Gasteiger partial charge is 0.497 e. The van der Waals surface area contributed by atoms with E-state index < -0.39 is 0 Å². The highest BCUT2D eigenvalue weighted by atomic mass is 16.5. The zero-order valence-corrected chi connectivity index (χ0v) is 14.2. The number of rotatable bonds is 6. The lowest BCUT2D eigenvalue weighted by molar-refractivity contribution is -0.146. The molecule has 1 aromatic carbocycles. The Labute approximate surface area is 138 Å². The highest BCUT2D eigenvalue weighted by molar-refractivity contribution is 5.69. The van der Waals surface area contributed by atoms with E-state index >= 15 is 0 Å². The van der Waals surface area contributed by atoms with Gasteiger partial charge in [0.15, 0.2) is 0 Å². The fourth-order valence-corrected chi connectivity index (χ4v) is 4.17. The molecule has 4 rings (SSSR count). The summed E-state index contributed by atoms with van der Waals surface area (Å²) in [6, 6.07) is 8.97. The Hall–Kier alpha value is -1.55. The van der Waals surface area contributed by atoms with Gasteiger partial charge in [0.1, 0.15) is 5.75 Å². The number of carbonyl (C=O) groups excluding carboxylic acids is 1. The van der Waals surface area contributed by atoms with Gasteiger partial charge < -0.3 is 9.47 Å². The first-order valence-corrected chi connectivity index (χ1v) is 8.72. The zero-order chi connectivity index (χ0) is 16.2. The van der Waals surface area contributed by atoms with Crippen molar-refractivity contribution >= 4 is 5.97 Å². The van der Waals surface area contributed by atoms with E-state index in [0.29, 0.717) is 30.9 Å². The van der Waals surface area contributed by atoms with Crippen LogP contribution in [0.25, 0.3) is 0 Å². The van der Waals surface area contributed by atoms with Crippen LogP contribution in [0.5, 0.6) is 5.75 Å². The van der Waals surface area contributed by atoms with Gasteiger partial charge in [-0.05, 0) is 55.7 Å². The molecule has 1 aliphatic carbocycles. The molecule has 0 N–H and O–H groups in total. The lowest BCUT2D eigenvalue weighted by Crippen LogP contribution is -2.51. The first-order valence-electron chi connectivity index (χ1n) is 8.72. The van der Waals surface area contributed by atoms with Gasteiger partial charge in [-0.2, -0.15) is 0 Å². The molecule has 3 unspecified atom stereocenters. The predicted molar refractivity (Wildman–Crippen MR) is 89.3 cm³/mol. The van der Waals surface area contributed by atoms with Crippen molar-refractivity contribution in [1.82, 2.24) is 4.90 Å². The Morgan fingerprint density at radius 1 is 1.26 bits per heavy atom. The average molecular weight is 317 g/mol. The fourth-order valence-electron chi connectivity index (χ4n) is 4.17. The molecule has 3 aliphatic rings. The number of piperidine rings is 2. The predicted octanol–water partition coefficient (Wildman–Crippen LogP) is 3.25. The van der Waals surface area contributed by atoms with Gasteiger partial charge in [-0.25, -0.2) is 0 Å². The van der Waals surface area contributed by atoms with Crippen molar-refractivity contribution in [2.45, 2.75) is 45.2 Å². The number of hydrogen-bond donors (Lipinski definition) is 0. The van der Waals surface area contributed by atoms with Crippen molar-refractivity contribution in [3.63, 3.8) is 0 Å². The molecular formula is C19H27NO3. The van der Waals surface area contributed by atoms with Crippen molar-refractivity contribution in [2.75, 3.05) is 20.3 Å². The maximum atomic E-state index is 11.8. The number of ether oxygens (including phenoxy) is 2. The van der Waals surface area contributed by atoms with Crippen LogP contribution in [0.15, 0.2) is 24.3 Å². The van der Waals surface area contributed by atoms with Crippen LogP contribution >= 0.6 is 0 Å². The van der Waals surface area contributed by atoms with Crippen LogP contribution in [-0.4, -0.2) is 37.2 Å².